The monoisotopic (exact) mass is 254 g/mol. The van der Waals surface area contributed by atoms with Gasteiger partial charge in [0.05, 0.1) is 0 Å². The molecule has 0 spiro atoms. The molecule has 0 aromatic carbocycles. The lowest BCUT2D eigenvalue weighted by molar-refractivity contribution is -0.148. The first kappa shape index (κ1) is 11.9. The van der Waals surface area contributed by atoms with Crippen molar-refractivity contribution in [1.29, 1.82) is 0 Å². The van der Waals surface area contributed by atoms with E-state index in [1.54, 1.807) is 11.3 Å². The van der Waals surface area contributed by atoms with E-state index in [4.69, 9.17) is 5.11 Å². The van der Waals surface area contributed by atoms with Gasteiger partial charge in [-0.1, -0.05) is 0 Å². The normalized spacial score (nSPS) is 16.9. The van der Waals surface area contributed by atoms with E-state index in [0.717, 1.165) is 12.0 Å². The maximum Gasteiger partial charge on any atom is 0.329 e. The van der Waals surface area contributed by atoms with Crippen LogP contribution in [0.4, 0.5) is 4.79 Å². The Balaban J connectivity index is 1.83. The number of carboxylic acids is 1. The molecule has 1 heterocycles. The molecule has 1 aromatic heterocycles. The summed E-state index contributed by atoms with van der Waals surface area (Å²) in [4.78, 5) is 22.6. The molecule has 6 heteroatoms. The van der Waals surface area contributed by atoms with E-state index in [-0.39, 0.29) is 0 Å². The highest BCUT2D eigenvalue weighted by Gasteiger charge is 2.45. The van der Waals surface area contributed by atoms with Gasteiger partial charge in [0.2, 0.25) is 0 Å². The molecule has 1 saturated carbocycles. The molecule has 1 fully saturated rings. The summed E-state index contributed by atoms with van der Waals surface area (Å²) < 4.78 is 0. The van der Waals surface area contributed by atoms with E-state index >= 15 is 0 Å². The lowest BCUT2D eigenvalue weighted by atomic mass is 9.77. The smallest absolute Gasteiger partial charge is 0.329 e. The van der Waals surface area contributed by atoms with Crippen LogP contribution < -0.4 is 10.6 Å². The number of hydrogen-bond acceptors (Lipinski definition) is 3. The molecule has 0 aliphatic heterocycles. The molecule has 0 atom stereocenters. The number of carbonyl (C=O) groups excluding carboxylic acids is 1. The second kappa shape index (κ2) is 4.75. The Morgan fingerprint density at radius 3 is 2.71 bits per heavy atom. The number of nitrogens with one attached hydrogen (secondary N) is 2. The van der Waals surface area contributed by atoms with Crippen LogP contribution in [-0.2, 0) is 11.3 Å². The predicted molar refractivity (Wildman–Crippen MR) is 63.9 cm³/mol. The lowest BCUT2D eigenvalue weighted by Crippen LogP contribution is -2.61. The van der Waals surface area contributed by atoms with Gasteiger partial charge in [0.25, 0.3) is 0 Å². The van der Waals surface area contributed by atoms with Gasteiger partial charge in [0.15, 0.2) is 0 Å². The van der Waals surface area contributed by atoms with Gasteiger partial charge in [-0.3, -0.25) is 0 Å². The van der Waals surface area contributed by atoms with Crippen LogP contribution in [0.5, 0.6) is 0 Å². The third-order valence-electron chi connectivity index (χ3n) is 3.00. The minimum Gasteiger partial charge on any atom is -0.480 e. The zero-order valence-corrected chi connectivity index (χ0v) is 10.0. The number of amides is 2. The van der Waals surface area contributed by atoms with Crippen molar-refractivity contribution in [3.63, 3.8) is 0 Å². The topological polar surface area (TPSA) is 78.4 Å². The van der Waals surface area contributed by atoms with Crippen molar-refractivity contribution in [2.24, 2.45) is 0 Å². The summed E-state index contributed by atoms with van der Waals surface area (Å²) >= 11 is 1.56. The van der Waals surface area contributed by atoms with Crippen molar-refractivity contribution in [2.75, 3.05) is 0 Å². The van der Waals surface area contributed by atoms with Crippen LogP contribution in [-0.4, -0.2) is 22.6 Å². The molecular weight excluding hydrogens is 240 g/mol. The molecule has 1 aliphatic carbocycles. The SMILES string of the molecule is O=C(NCc1ccsc1)NC1(C(=O)O)CCC1. The summed E-state index contributed by atoms with van der Waals surface area (Å²) in [6.45, 7) is 0.422. The molecule has 1 aromatic rings. The lowest BCUT2D eigenvalue weighted by Gasteiger charge is -2.38. The standard InChI is InChI=1S/C11H14N2O3S/c14-9(15)11(3-1-4-11)13-10(16)12-6-8-2-5-17-7-8/h2,5,7H,1,3-4,6H2,(H,14,15)(H2,12,13,16). The van der Waals surface area contributed by atoms with Gasteiger partial charge in [0.1, 0.15) is 5.54 Å². The number of carboxylic acid groups (broad SMARTS) is 1. The third-order valence-corrected chi connectivity index (χ3v) is 3.73. The minimum atomic E-state index is -1.04. The zero-order chi connectivity index (χ0) is 12.3. The van der Waals surface area contributed by atoms with Crippen LogP contribution in [0.25, 0.3) is 0 Å². The number of urea groups is 1. The van der Waals surface area contributed by atoms with Gasteiger partial charge in [-0.2, -0.15) is 11.3 Å². The highest BCUT2D eigenvalue weighted by molar-refractivity contribution is 7.07. The summed E-state index contributed by atoms with van der Waals surface area (Å²) in [5.74, 6) is -0.950. The number of aliphatic carboxylic acids is 1. The van der Waals surface area contributed by atoms with Crippen LogP contribution in [0.3, 0.4) is 0 Å². The fourth-order valence-electron chi connectivity index (χ4n) is 1.76. The van der Waals surface area contributed by atoms with Crippen LogP contribution in [0.15, 0.2) is 16.8 Å². The van der Waals surface area contributed by atoms with Crippen molar-refractivity contribution in [3.05, 3.63) is 22.4 Å². The molecule has 3 N–H and O–H groups in total. The fourth-order valence-corrected chi connectivity index (χ4v) is 2.43. The van der Waals surface area contributed by atoms with E-state index in [1.165, 1.54) is 0 Å². The van der Waals surface area contributed by atoms with Gasteiger partial charge in [-0.25, -0.2) is 9.59 Å². The average Bonchev–Trinajstić information content (AvgIpc) is 2.72. The largest absolute Gasteiger partial charge is 0.480 e. The molecule has 2 rings (SSSR count). The number of thiophene rings is 1. The van der Waals surface area contributed by atoms with Gasteiger partial charge < -0.3 is 15.7 Å². The van der Waals surface area contributed by atoms with Gasteiger partial charge in [-0.15, -0.1) is 0 Å². The highest BCUT2D eigenvalue weighted by Crippen LogP contribution is 2.31. The second-order valence-electron chi connectivity index (χ2n) is 4.18. The molecule has 0 saturated heterocycles. The van der Waals surface area contributed by atoms with Gasteiger partial charge in [0, 0.05) is 6.54 Å². The Bertz CT molecular complexity index is 412. The summed E-state index contributed by atoms with van der Waals surface area (Å²) in [6.07, 6.45) is 1.86. The molecule has 1 aliphatic rings. The molecular formula is C11H14N2O3S. The summed E-state index contributed by atoms with van der Waals surface area (Å²) in [7, 11) is 0. The van der Waals surface area contributed by atoms with E-state index in [9.17, 15) is 9.59 Å². The summed E-state index contributed by atoms with van der Waals surface area (Å²) in [6, 6.07) is 1.50. The Morgan fingerprint density at radius 1 is 1.47 bits per heavy atom. The predicted octanol–water partition coefficient (Wildman–Crippen LogP) is 1.55. The second-order valence-corrected chi connectivity index (χ2v) is 4.96. The molecule has 92 valence electrons. The van der Waals surface area contributed by atoms with Gasteiger partial charge in [-0.05, 0) is 41.7 Å². The quantitative estimate of drug-likeness (QED) is 0.763. The first-order valence-electron chi connectivity index (χ1n) is 5.43. The van der Waals surface area contributed by atoms with E-state index < -0.39 is 17.5 Å². The number of carbonyl (C=O) groups is 2. The molecule has 17 heavy (non-hydrogen) atoms. The van der Waals surface area contributed by atoms with Crippen molar-refractivity contribution in [3.8, 4) is 0 Å². The maximum absolute atomic E-state index is 11.6. The Labute approximate surface area is 103 Å². The minimum absolute atomic E-state index is 0.418. The fraction of sp³-hybridized carbons (Fsp3) is 0.455. The molecule has 2 amide bonds. The maximum atomic E-state index is 11.6. The number of hydrogen-bond donors (Lipinski definition) is 3. The molecule has 0 unspecified atom stereocenters. The van der Waals surface area contributed by atoms with Crippen LogP contribution in [0.1, 0.15) is 24.8 Å². The number of rotatable bonds is 4. The van der Waals surface area contributed by atoms with Crippen molar-refractivity contribution < 1.29 is 14.7 Å². The summed E-state index contributed by atoms with van der Waals surface area (Å²) in [5.41, 5.74) is -0.0261. The molecule has 0 radical (unpaired) electrons. The van der Waals surface area contributed by atoms with Gasteiger partial charge >= 0.3 is 12.0 Å². The van der Waals surface area contributed by atoms with Crippen molar-refractivity contribution in [1.82, 2.24) is 10.6 Å². The Hall–Kier alpha value is -1.56. The van der Waals surface area contributed by atoms with Crippen LogP contribution in [0.2, 0.25) is 0 Å². The van der Waals surface area contributed by atoms with Crippen LogP contribution >= 0.6 is 11.3 Å². The third kappa shape index (κ3) is 2.58. The molecule has 5 nitrogen and oxygen atoms in total. The average molecular weight is 254 g/mol. The zero-order valence-electron chi connectivity index (χ0n) is 9.23. The van der Waals surface area contributed by atoms with Crippen molar-refractivity contribution in [2.45, 2.75) is 31.3 Å². The van der Waals surface area contributed by atoms with Crippen molar-refractivity contribution >= 4 is 23.3 Å². The summed E-state index contributed by atoms with van der Waals surface area (Å²) in [5, 5.41) is 18.1. The van der Waals surface area contributed by atoms with E-state index in [0.29, 0.717) is 19.4 Å². The highest BCUT2D eigenvalue weighted by atomic mass is 32.1. The Kier molecular flexibility index (Phi) is 3.33. The van der Waals surface area contributed by atoms with E-state index in [1.807, 2.05) is 16.8 Å². The first-order chi connectivity index (χ1) is 8.12. The Morgan fingerprint density at radius 2 is 2.24 bits per heavy atom. The van der Waals surface area contributed by atoms with Crippen LogP contribution in [0, 0.1) is 0 Å². The van der Waals surface area contributed by atoms with E-state index in [2.05, 4.69) is 10.6 Å². The first-order valence-corrected chi connectivity index (χ1v) is 6.37. The molecule has 0 bridgehead atoms.